The molecule has 2 aromatic carbocycles. The summed E-state index contributed by atoms with van der Waals surface area (Å²) in [4.78, 5) is 28.8. The van der Waals surface area contributed by atoms with Crippen LogP contribution in [-0.2, 0) is 11.8 Å². The fraction of sp³-hybridized carbons (Fsp3) is 0.324. The lowest BCUT2D eigenvalue weighted by Crippen LogP contribution is -2.29. The molecule has 0 saturated carbocycles. The van der Waals surface area contributed by atoms with Gasteiger partial charge in [0.05, 0.1) is 35.4 Å². The molecule has 0 unspecified atom stereocenters. The van der Waals surface area contributed by atoms with Crippen molar-refractivity contribution in [2.24, 2.45) is 7.05 Å². The van der Waals surface area contributed by atoms with Gasteiger partial charge in [-0.25, -0.2) is 9.97 Å². The summed E-state index contributed by atoms with van der Waals surface area (Å²) in [6.45, 7) is 3.95. The van der Waals surface area contributed by atoms with E-state index < -0.39 is 0 Å². The minimum absolute atomic E-state index is 0.237. The molecule has 0 spiro atoms. The maximum absolute atomic E-state index is 13.0. The van der Waals surface area contributed by atoms with Gasteiger partial charge < -0.3 is 39.1 Å². The minimum Gasteiger partial charge on any atom is -0.494 e. The Morgan fingerprint density at radius 3 is 2.51 bits per heavy atom. The number of ether oxygens (including phenoxy) is 1. The van der Waals surface area contributed by atoms with E-state index in [1.807, 2.05) is 83.7 Å². The lowest BCUT2D eigenvalue weighted by molar-refractivity contribution is -0.111. The van der Waals surface area contributed by atoms with Crippen molar-refractivity contribution in [2.45, 2.75) is 6.92 Å². The zero-order valence-corrected chi connectivity index (χ0v) is 28.2. The molecule has 0 aliphatic rings. The van der Waals surface area contributed by atoms with E-state index in [0.29, 0.717) is 52.7 Å². The monoisotopic (exact) mass is 638 g/mol. The predicted octanol–water partition coefficient (Wildman–Crippen LogP) is 4.80. The fourth-order valence-corrected chi connectivity index (χ4v) is 5.13. The molecule has 0 fully saturated rings. The van der Waals surface area contributed by atoms with Crippen molar-refractivity contribution in [2.75, 3.05) is 77.5 Å². The highest BCUT2D eigenvalue weighted by molar-refractivity contribution is 6.02. The Morgan fingerprint density at radius 1 is 1.02 bits per heavy atom. The van der Waals surface area contributed by atoms with Gasteiger partial charge in [0.1, 0.15) is 5.75 Å². The first kappa shape index (κ1) is 33.1. The number of carbonyl (C=O) groups excluding carboxylic acids is 1. The summed E-state index contributed by atoms with van der Waals surface area (Å²) in [6, 6.07) is 11.9. The molecule has 13 nitrogen and oxygen atoms in total. The molecule has 3 aromatic heterocycles. The maximum Gasteiger partial charge on any atom is 0.251 e. The Hall–Kier alpha value is -5.27. The number of hydrogen-bond donors (Lipinski definition) is 2. The van der Waals surface area contributed by atoms with E-state index in [2.05, 4.69) is 52.3 Å². The third-order valence-corrected chi connectivity index (χ3v) is 7.55. The number of rotatable bonds is 13. The van der Waals surface area contributed by atoms with Crippen molar-refractivity contribution in [3.05, 3.63) is 66.8 Å². The number of para-hydroxylation sites is 1. The number of amides is 1. The molecule has 13 heteroatoms. The van der Waals surface area contributed by atoms with Crippen LogP contribution in [0.1, 0.15) is 5.89 Å². The summed E-state index contributed by atoms with van der Waals surface area (Å²) in [5, 5.41) is 15.7. The van der Waals surface area contributed by atoms with Crippen LogP contribution in [0.5, 0.6) is 5.75 Å². The molecule has 0 saturated heterocycles. The van der Waals surface area contributed by atoms with Crippen LogP contribution < -0.4 is 20.3 Å². The summed E-state index contributed by atoms with van der Waals surface area (Å²) < 4.78 is 13.7. The summed E-state index contributed by atoms with van der Waals surface area (Å²) in [6.07, 6.45) is 7.06. The zero-order chi connectivity index (χ0) is 33.7. The lowest BCUT2D eigenvalue weighted by Gasteiger charge is -2.26. The number of anilines is 4. The Labute approximate surface area is 274 Å². The van der Waals surface area contributed by atoms with Gasteiger partial charge in [-0.15, -0.1) is 10.2 Å². The van der Waals surface area contributed by atoms with E-state index in [1.165, 1.54) is 0 Å². The summed E-state index contributed by atoms with van der Waals surface area (Å²) in [5.41, 5.74) is 5.18. The van der Waals surface area contributed by atoms with Gasteiger partial charge in [-0.05, 0) is 40.3 Å². The van der Waals surface area contributed by atoms with Crippen molar-refractivity contribution < 1.29 is 13.9 Å². The number of benzene rings is 2. The van der Waals surface area contributed by atoms with Crippen LogP contribution in [-0.4, -0.2) is 102 Å². The van der Waals surface area contributed by atoms with Crippen molar-refractivity contribution in [3.63, 3.8) is 0 Å². The zero-order valence-electron chi connectivity index (χ0n) is 28.2. The van der Waals surface area contributed by atoms with E-state index in [9.17, 15) is 4.79 Å². The smallest absolute Gasteiger partial charge is 0.251 e. The van der Waals surface area contributed by atoms with Crippen molar-refractivity contribution in [3.8, 4) is 28.5 Å². The molecule has 1 amide bonds. The van der Waals surface area contributed by atoms with E-state index in [0.717, 1.165) is 35.2 Å². The number of likely N-dealkylation sites (N-methyl/N-ethyl adjacent to an activating group) is 3. The molecule has 3 heterocycles. The quantitative estimate of drug-likeness (QED) is 0.173. The highest BCUT2D eigenvalue weighted by atomic mass is 16.5. The van der Waals surface area contributed by atoms with E-state index in [4.69, 9.17) is 14.1 Å². The molecule has 0 bridgehead atoms. The highest BCUT2D eigenvalue weighted by Crippen LogP contribution is 2.39. The van der Waals surface area contributed by atoms with E-state index >= 15 is 0 Å². The number of hydrogen-bond acceptors (Lipinski definition) is 11. The van der Waals surface area contributed by atoms with Gasteiger partial charge in [0.2, 0.25) is 17.7 Å². The van der Waals surface area contributed by atoms with E-state index in [-0.39, 0.29) is 5.91 Å². The fourth-order valence-electron chi connectivity index (χ4n) is 5.13. The minimum atomic E-state index is -0.237. The molecule has 5 aromatic rings. The number of nitrogens with one attached hydrogen (secondary N) is 2. The van der Waals surface area contributed by atoms with Gasteiger partial charge in [0, 0.05) is 81.7 Å². The predicted molar refractivity (Wildman–Crippen MR) is 186 cm³/mol. The van der Waals surface area contributed by atoms with Crippen LogP contribution >= 0.6 is 0 Å². The normalized spacial score (nSPS) is 11.6. The summed E-state index contributed by atoms with van der Waals surface area (Å²) >= 11 is 0. The maximum atomic E-state index is 13.0. The first-order valence-electron chi connectivity index (χ1n) is 15.2. The van der Waals surface area contributed by atoms with Crippen molar-refractivity contribution in [1.82, 2.24) is 34.5 Å². The number of nitrogens with zero attached hydrogens (tertiary/aromatic N) is 8. The Morgan fingerprint density at radius 2 is 1.81 bits per heavy atom. The Balaban J connectivity index is 1.58. The first-order chi connectivity index (χ1) is 22.5. The van der Waals surface area contributed by atoms with Gasteiger partial charge in [-0.3, -0.25) is 4.79 Å². The summed E-state index contributed by atoms with van der Waals surface area (Å²) in [5.74, 6) is 1.41. The SMILES string of the molecule is COc1cc(N(C)CCN(C)C)c(NC(=O)/C=C/CN(C)C)cc1Nc1ncc(-c2nnc(C)o2)c(-c2cn(C)c3ccccc23)n1. The van der Waals surface area contributed by atoms with Crippen LogP contribution in [0.15, 0.2) is 65.4 Å². The number of methoxy groups -OCH3 is 1. The highest BCUT2D eigenvalue weighted by Gasteiger charge is 2.21. The molecule has 2 N–H and O–H groups in total. The van der Waals surface area contributed by atoms with Gasteiger partial charge in [0.15, 0.2) is 0 Å². The molecule has 0 atom stereocenters. The van der Waals surface area contributed by atoms with Gasteiger partial charge in [0.25, 0.3) is 5.89 Å². The average Bonchev–Trinajstić information content (AvgIpc) is 3.62. The van der Waals surface area contributed by atoms with Crippen LogP contribution in [0.25, 0.3) is 33.6 Å². The third kappa shape index (κ3) is 7.76. The van der Waals surface area contributed by atoms with Crippen LogP contribution in [0, 0.1) is 6.92 Å². The molecule has 0 aliphatic carbocycles. The van der Waals surface area contributed by atoms with Crippen molar-refractivity contribution >= 4 is 39.8 Å². The molecular formula is C34H42N10O3. The standard InChI is InChI=1S/C34H42N10O3/c1-22-39-40-33(47-22)24-20-35-34(38-32(24)25-21-44(7)28-13-10-9-12-23(25)28)37-27-18-26(36-31(45)14-11-15-41(2)3)29(19-30(27)46-8)43(6)17-16-42(4)5/h9-14,18-21H,15-17H2,1-8H3,(H,36,45)(H,35,37,38)/b14-11+. The number of fused-ring (bicyclic) bond motifs is 1. The molecule has 0 radical (unpaired) electrons. The molecule has 47 heavy (non-hydrogen) atoms. The Bertz CT molecular complexity index is 1890. The lowest BCUT2D eigenvalue weighted by atomic mass is 10.1. The second-order valence-corrected chi connectivity index (χ2v) is 11.8. The van der Waals surface area contributed by atoms with Crippen LogP contribution in [0.2, 0.25) is 0 Å². The van der Waals surface area contributed by atoms with Crippen molar-refractivity contribution in [1.29, 1.82) is 0 Å². The van der Waals surface area contributed by atoms with Crippen LogP contribution in [0.4, 0.5) is 23.0 Å². The molecular weight excluding hydrogens is 596 g/mol. The summed E-state index contributed by atoms with van der Waals surface area (Å²) in [7, 11) is 13.5. The molecule has 0 aliphatic heterocycles. The third-order valence-electron chi connectivity index (χ3n) is 7.55. The van der Waals surface area contributed by atoms with Gasteiger partial charge in [-0.2, -0.15) is 0 Å². The van der Waals surface area contributed by atoms with Gasteiger partial charge in [-0.1, -0.05) is 24.3 Å². The number of aryl methyl sites for hydroxylation is 2. The topological polar surface area (TPSA) is 130 Å². The molecule has 5 rings (SSSR count). The molecule has 246 valence electrons. The number of aromatic nitrogens is 5. The average molecular weight is 639 g/mol. The van der Waals surface area contributed by atoms with Gasteiger partial charge >= 0.3 is 0 Å². The van der Waals surface area contributed by atoms with Crippen LogP contribution in [0.3, 0.4) is 0 Å². The second-order valence-electron chi connectivity index (χ2n) is 11.8. The number of carbonyl (C=O) groups is 1. The first-order valence-corrected chi connectivity index (χ1v) is 15.2. The Kier molecular flexibility index (Phi) is 10.2. The van der Waals surface area contributed by atoms with E-state index in [1.54, 1.807) is 26.3 Å². The largest absolute Gasteiger partial charge is 0.494 e. The second kappa shape index (κ2) is 14.4.